The maximum absolute atomic E-state index is 13.7. The van der Waals surface area contributed by atoms with E-state index in [-0.39, 0.29) is 40.5 Å². The molecule has 0 spiro atoms. The molecule has 48 heavy (non-hydrogen) atoms. The van der Waals surface area contributed by atoms with E-state index in [2.05, 4.69) is 47.8 Å². The molecule has 0 amide bonds. The molecule has 3 aliphatic rings. The molecular weight excluding hydrogens is 649 g/mol. The highest BCUT2D eigenvalue weighted by molar-refractivity contribution is 7.99. The van der Waals surface area contributed by atoms with Gasteiger partial charge in [0.1, 0.15) is 28.2 Å². The highest BCUT2D eigenvalue weighted by Crippen LogP contribution is 2.68. The third kappa shape index (κ3) is 5.79. The van der Waals surface area contributed by atoms with E-state index >= 15 is 0 Å². The Bertz CT molecular complexity index is 1760. The molecule has 3 N–H and O–H groups in total. The van der Waals surface area contributed by atoms with Crippen LogP contribution < -0.4 is 10.2 Å². The number of ether oxygens (including phenoxy) is 2. The average molecular weight is 693 g/mol. The van der Waals surface area contributed by atoms with E-state index in [0.29, 0.717) is 35.1 Å². The molecule has 6 rings (SSSR count). The van der Waals surface area contributed by atoms with Gasteiger partial charge in [-0.25, -0.2) is 9.97 Å². The molecule has 2 heterocycles. The fraction of sp³-hybridized carbons (Fsp3) is 0.528. The number of Topliss-reactive ketones (excluding diaryl/α,β-unsaturated/α-hetero) is 1. The fourth-order valence-corrected chi connectivity index (χ4v) is 10.2. The Labute approximate surface area is 289 Å². The second-order valence-corrected chi connectivity index (χ2v) is 16.0. The molecular formula is C36H44N4O6S2. The van der Waals surface area contributed by atoms with Gasteiger partial charge in [0.05, 0.1) is 30.6 Å². The number of aliphatic hydroxyl groups excluding tert-OH is 1. The molecule has 0 saturated heterocycles. The first-order valence-electron chi connectivity index (χ1n) is 16.4. The van der Waals surface area contributed by atoms with E-state index in [0.717, 1.165) is 29.5 Å². The Morgan fingerprint density at radius 2 is 2.04 bits per heavy atom. The minimum atomic E-state index is -0.717. The minimum Gasteiger partial charge on any atom is -0.507 e. The van der Waals surface area contributed by atoms with Crippen molar-refractivity contribution in [2.45, 2.75) is 77.2 Å². The number of benzene rings is 1. The summed E-state index contributed by atoms with van der Waals surface area (Å²) in [5.74, 6) is 0.575. The van der Waals surface area contributed by atoms with Crippen LogP contribution in [0, 0.1) is 34.0 Å². The molecule has 256 valence electrons. The molecule has 3 aromatic rings. The number of ketones is 1. The van der Waals surface area contributed by atoms with Gasteiger partial charge in [0.15, 0.2) is 11.0 Å². The number of phenolic OH excluding ortho intramolecular Hbond substituents is 1. The monoisotopic (exact) mass is 692 g/mol. The van der Waals surface area contributed by atoms with Crippen LogP contribution in [0.5, 0.6) is 11.5 Å². The van der Waals surface area contributed by atoms with Crippen LogP contribution >= 0.6 is 23.1 Å². The molecule has 3 fully saturated rings. The number of hydrogen-bond donors (Lipinski definition) is 3. The summed E-state index contributed by atoms with van der Waals surface area (Å²) in [6, 6.07) is 6.82. The van der Waals surface area contributed by atoms with Crippen molar-refractivity contribution in [1.82, 2.24) is 9.97 Å². The summed E-state index contributed by atoms with van der Waals surface area (Å²) in [7, 11) is 1.53. The van der Waals surface area contributed by atoms with Gasteiger partial charge in [-0.2, -0.15) is 5.10 Å². The van der Waals surface area contributed by atoms with E-state index < -0.39 is 29.0 Å². The smallest absolute Gasteiger partial charge is 0.316 e. The highest BCUT2D eigenvalue weighted by Gasteiger charge is 2.68. The lowest BCUT2D eigenvalue weighted by atomic mass is 9.44. The summed E-state index contributed by atoms with van der Waals surface area (Å²) >= 11 is 2.62. The summed E-state index contributed by atoms with van der Waals surface area (Å²) in [4.78, 5) is 37.4. The molecule has 12 heteroatoms. The Morgan fingerprint density at radius 3 is 2.77 bits per heavy atom. The number of thioether (sulfide) groups is 1. The number of aromatic hydroxyl groups is 1. The largest absolute Gasteiger partial charge is 0.507 e. The number of nitrogens with one attached hydrogen (secondary N) is 1. The number of aromatic nitrogens is 2. The third-order valence-corrected chi connectivity index (χ3v) is 13.4. The number of carbonyl (C=O) groups is 2. The minimum absolute atomic E-state index is 0.0270. The van der Waals surface area contributed by atoms with Crippen LogP contribution in [-0.4, -0.2) is 63.2 Å². The van der Waals surface area contributed by atoms with Gasteiger partial charge in [-0.1, -0.05) is 45.5 Å². The molecule has 10 nitrogen and oxygen atoms in total. The van der Waals surface area contributed by atoms with E-state index in [4.69, 9.17) is 9.47 Å². The molecule has 1 aromatic carbocycles. The van der Waals surface area contributed by atoms with E-state index in [9.17, 15) is 19.8 Å². The lowest BCUT2D eigenvalue weighted by Crippen LogP contribution is -2.63. The zero-order valence-electron chi connectivity index (χ0n) is 28.1. The van der Waals surface area contributed by atoms with Crippen LogP contribution in [0.3, 0.4) is 0 Å². The van der Waals surface area contributed by atoms with Gasteiger partial charge in [-0.3, -0.25) is 15.0 Å². The number of fused-ring (bicyclic) bond motifs is 1. The first-order valence-corrected chi connectivity index (χ1v) is 18.3. The summed E-state index contributed by atoms with van der Waals surface area (Å²) in [6.07, 6.45) is 5.41. The fourth-order valence-electron chi connectivity index (χ4n) is 8.73. The van der Waals surface area contributed by atoms with Crippen molar-refractivity contribution in [2.75, 3.05) is 18.3 Å². The van der Waals surface area contributed by atoms with Crippen molar-refractivity contribution < 1.29 is 29.3 Å². The van der Waals surface area contributed by atoms with Crippen LogP contribution in [0.2, 0.25) is 0 Å². The Balaban J connectivity index is 1.22. The number of rotatable bonds is 9. The quantitative estimate of drug-likeness (QED) is 0.0544. The number of nitrogens with zero attached hydrogens (tertiary/aromatic N) is 3. The number of methoxy groups -OCH3 is 1. The van der Waals surface area contributed by atoms with Gasteiger partial charge in [0, 0.05) is 34.8 Å². The van der Waals surface area contributed by atoms with Crippen molar-refractivity contribution >= 4 is 57.1 Å². The van der Waals surface area contributed by atoms with Gasteiger partial charge in [0.25, 0.3) is 0 Å². The number of phenols is 1. The predicted molar refractivity (Wildman–Crippen MR) is 189 cm³/mol. The number of hydrogen-bond acceptors (Lipinski definition) is 12. The Kier molecular flexibility index (Phi) is 9.38. The average Bonchev–Trinajstić information content (AvgIpc) is 3.70. The van der Waals surface area contributed by atoms with Crippen LogP contribution in [0.4, 0.5) is 5.82 Å². The molecule has 3 saturated carbocycles. The summed E-state index contributed by atoms with van der Waals surface area (Å²) < 4.78 is 11.5. The molecule has 0 unspecified atom stereocenters. The van der Waals surface area contributed by atoms with Crippen LogP contribution in [0.15, 0.2) is 52.6 Å². The van der Waals surface area contributed by atoms with E-state index in [1.54, 1.807) is 18.2 Å². The number of carbonyl (C=O) groups excluding carboxylic acids is 2. The van der Waals surface area contributed by atoms with Crippen LogP contribution in [0.25, 0.3) is 10.2 Å². The highest BCUT2D eigenvalue weighted by atomic mass is 32.2. The number of anilines is 1. The van der Waals surface area contributed by atoms with Crippen molar-refractivity contribution in [2.24, 2.45) is 39.1 Å². The lowest BCUT2D eigenvalue weighted by molar-refractivity contribution is -0.205. The van der Waals surface area contributed by atoms with Crippen molar-refractivity contribution in [3.05, 3.63) is 47.9 Å². The molecule has 8 atom stereocenters. The normalized spacial score (nSPS) is 33.2. The molecule has 3 aliphatic carbocycles. The predicted octanol–water partition coefficient (Wildman–Crippen LogP) is 6.85. The SMILES string of the molecule is C=C[C@]1(C)C[C@@H](OC(=O)CSc2nc(N/N=C/c3ccc(OC)cc3O)c3ccsc3n2)[C@]2(C)[C@H](C)CC[C@]3(CCC(=O)[C@H]32)[C@@H](C)[C@@H]1O. The number of aliphatic hydroxyl groups is 1. The second kappa shape index (κ2) is 13.1. The van der Waals surface area contributed by atoms with Crippen molar-refractivity contribution in [1.29, 1.82) is 0 Å². The summed E-state index contributed by atoms with van der Waals surface area (Å²) in [5, 5.41) is 29.4. The summed E-state index contributed by atoms with van der Waals surface area (Å²) in [5.41, 5.74) is 1.85. The maximum atomic E-state index is 13.7. The molecule has 0 aliphatic heterocycles. The zero-order valence-corrected chi connectivity index (χ0v) is 29.7. The number of esters is 1. The standard InChI is InChI=1S/C36H44N4O6S2/c1-7-34(4)17-27(35(5)20(2)10-13-36(21(3)30(34)44)14-11-25(41)29(35)36)46-28(43)19-48-33-38-31(24-12-15-47-32(24)39-33)40-37-18-22-8-9-23(45-6)16-26(22)42/h7-9,12,15-16,18,20-21,27,29-30,42,44H,1,10-11,13-14,17,19H2,2-6H3,(H,38,39,40)/b37-18+/t20-,21+,27-,29+,30+,34-,35+,36+/m1/s1. The molecule has 0 radical (unpaired) electrons. The van der Waals surface area contributed by atoms with Gasteiger partial charge in [-0.15, -0.1) is 17.9 Å². The van der Waals surface area contributed by atoms with Gasteiger partial charge in [-0.05, 0) is 66.5 Å². The molecule has 2 aromatic heterocycles. The third-order valence-electron chi connectivity index (χ3n) is 11.8. The van der Waals surface area contributed by atoms with Crippen LogP contribution in [0.1, 0.15) is 65.4 Å². The van der Waals surface area contributed by atoms with Crippen molar-refractivity contribution in [3.8, 4) is 11.5 Å². The van der Waals surface area contributed by atoms with Gasteiger partial charge >= 0.3 is 5.97 Å². The van der Waals surface area contributed by atoms with E-state index in [1.807, 2.05) is 18.4 Å². The number of thiophene rings is 1. The number of hydrazone groups is 1. The first kappa shape index (κ1) is 34.4. The van der Waals surface area contributed by atoms with Crippen LogP contribution in [-0.2, 0) is 14.3 Å². The first-order chi connectivity index (χ1) is 22.9. The Morgan fingerprint density at radius 1 is 1.25 bits per heavy atom. The second-order valence-electron chi connectivity index (χ2n) is 14.1. The lowest BCUT2D eigenvalue weighted by Gasteiger charge is -2.61. The van der Waals surface area contributed by atoms with Crippen molar-refractivity contribution in [3.63, 3.8) is 0 Å². The Hall–Kier alpha value is -3.48. The summed E-state index contributed by atoms with van der Waals surface area (Å²) in [6.45, 7) is 12.5. The maximum Gasteiger partial charge on any atom is 0.316 e. The molecule has 2 bridgehead atoms. The zero-order chi connectivity index (χ0) is 34.4. The topological polar surface area (TPSA) is 143 Å². The van der Waals surface area contributed by atoms with E-state index in [1.165, 1.54) is 42.5 Å². The van der Waals surface area contributed by atoms with Gasteiger partial charge in [0.2, 0.25) is 0 Å². The van der Waals surface area contributed by atoms with Gasteiger partial charge < -0.3 is 19.7 Å².